The number of benzene rings is 6. The number of hydrogen-bond acceptors (Lipinski definition) is 3. The van der Waals surface area contributed by atoms with Crippen molar-refractivity contribution in [2.45, 2.75) is 31.6 Å². The monoisotopic (exact) mass is 595 g/mol. The van der Waals surface area contributed by atoms with E-state index in [4.69, 9.17) is 8.83 Å². The maximum Gasteiger partial charge on any atom is 0.136 e. The lowest BCUT2D eigenvalue weighted by Gasteiger charge is -2.27. The zero-order valence-corrected chi connectivity index (χ0v) is 25.5. The molecule has 46 heavy (non-hydrogen) atoms. The Labute approximate surface area is 267 Å². The van der Waals surface area contributed by atoms with Crippen molar-refractivity contribution in [2.75, 3.05) is 4.90 Å². The van der Waals surface area contributed by atoms with Gasteiger partial charge in [0.15, 0.2) is 0 Å². The van der Waals surface area contributed by atoms with Gasteiger partial charge in [-0.1, -0.05) is 73.2 Å². The largest absolute Gasteiger partial charge is 0.456 e. The van der Waals surface area contributed by atoms with Crippen LogP contribution in [0.3, 0.4) is 0 Å². The second kappa shape index (κ2) is 10.1. The van der Waals surface area contributed by atoms with Crippen LogP contribution < -0.4 is 4.90 Å². The summed E-state index contributed by atoms with van der Waals surface area (Å²) >= 11 is 0. The minimum atomic E-state index is 0.721. The number of para-hydroxylation sites is 2. The summed E-state index contributed by atoms with van der Waals surface area (Å²) in [6, 6.07) is 48.0. The highest BCUT2D eigenvalue weighted by molar-refractivity contribution is 6.07. The van der Waals surface area contributed by atoms with Crippen molar-refractivity contribution in [3.63, 3.8) is 0 Å². The predicted molar refractivity (Wildman–Crippen MR) is 189 cm³/mol. The molecule has 2 heterocycles. The molecule has 0 N–H and O–H groups in total. The van der Waals surface area contributed by atoms with Gasteiger partial charge in [0.05, 0.1) is 0 Å². The minimum absolute atomic E-state index is 0.721. The summed E-state index contributed by atoms with van der Waals surface area (Å²) in [4.78, 5) is 2.37. The average molecular weight is 596 g/mol. The molecule has 2 saturated carbocycles. The molecule has 3 atom stereocenters. The van der Waals surface area contributed by atoms with Crippen molar-refractivity contribution >= 4 is 60.9 Å². The molecule has 2 aromatic heterocycles. The Bertz CT molecular complexity index is 2400. The Morgan fingerprint density at radius 2 is 1.07 bits per heavy atom. The van der Waals surface area contributed by atoms with E-state index in [1.807, 2.05) is 24.3 Å². The third kappa shape index (κ3) is 4.11. The maximum absolute atomic E-state index is 6.20. The van der Waals surface area contributed by atoms with Crippen LogP contribution in [0.15, 0.2) is 142 Å². The molecule has 2 fully saturated rings. The smallest absolute Gasteiger partial charge is 0.136 e. The molecule has 8 aromatic rings. The molecule has 3 unspecified atom stereocenters. The van der Waals surface area contributed by atoms with Gasteiger partial charge in [0, 0.05) is 38.6 Å². The standard InChI is InChI=1S/C43H33NO2/c1-3-7-40-35(5-1)37-21-15-30(25-43(37)46-40)28-11-16-32(17-12-28)44(33-18-13-29(14-19-33)38-24-27-9-10-31(38)23-27)34-20-22-42-39(26-34)36-6-2-4-8-41(36)45-42/h1-8,11-22,25-27,31,38H,9-10,23-24H2. The van der Waals surface area contributed by atoms with E-state index in [0.717, 1.165) is 89.8 Å². The van der Waals surface area contributed by atoms with E-state index in [2.05, 4.69) is 114 Å². The summed E-state index contributed by atoms with van der Waals surface area (Å²) in [6.45, 7) is 0. The molecule has 0 saturated heterocycles. The first-order valence-electron chi connectivity index (χ1n) is 16.6. The maximum atomic E-state index is 6.20. The van der Waals surface area contributed by atoms with Gasteiger partial charge in [0.25, 0.3) is 0 Å². The van der Waals surface area contributed by atoms with Crippen LogP contribution in [-0.2, 0) is 0 Å². The molecular formula is C43H33NO2. The van der Waals surface area contributed by atoms with Crippen molar-refractivity contribution < 1.29 is 8.83 Å². The Morgan fingerprint density at radius 1 is 0.457 bits per heavy atom. The normalized spacial score (nSPS) is 19.2. The Hall–Kier alpha value is -5.28. The van der Waals surface area contributed by atoms with E-state index in [1.165, 1.54) is 31.2 Å². The first-order valence-corrected chi connectivity index (χ1v) is 16.6. The highest BCUT2D eigenvalue weighted by Crippen LogP contribution is 2.53. The van der Waals surface area contributed by atoms with Gasteiger partial charge < -0.3 is 13.7 Å². The van der Waals surface area contributed by atoms with Gasteiger partial charge in [-0.3, -0.25) is 0 Å². The topological polar surface area (TPSA) is 29.5 Å². The van der Waals surface area contributed by atoms with Gasteiger partial charge in [0.1, 0.15) is 22.3 Å². The highest BCUT2D eigenvalue weighted by atomic mass is 16.3. The van der Waals surface area contributed by atoms with Gasteiger partial charge >= 0.3 is 0 Å². The summed E-state index contributed by atoms with van der Waals surface area (Å²) < 4.78 is 12.4. The van der Waals surface area contributed by atoms with E-state index in [-0.39, 0.29) is 0 Å². The molecule has 3 nitrogen and oxygen atoms in total. The lowest BCUT2D eigenvalue weighted by Crippen LogP contribution is -2.11. The minimum Gasteiger partial charge on any atom is -0.456 e. The summed E-state index contributed by atoms with van der Waals surface area (Å²) in [5, 5.41) is 4.58. The quantitative estimate of drug-likeness (QED) is 0.198. The molecular weight excluding hydrogens is 562 g/mol. The number of anilines is 3. The van der Waals surface area contributed by atoms with E-state index in [9.17, 15) is 0 Å². The Kier molecular flexibility index (Phi) is 5.72. The number of fused-ring (bicyclic) bond motifs is 8. The lowest BCUT2D eigenvalue weighted by molar-refractivity contribution is 0.420. The van der Waals surface area contributed by atoms with Crippen LogP contribution >= 0.6 is 0 Å². The molecule has 2 aliphatic rings. The second-order valence-electron chi connectivity index (χ2n) is 13.3. The average Bonchev–Trinajstić information content (AvgIpc) is 3.91. The summed E-state index contributed by atoms with van der Waals surface area (Å²) in [7, 11) is 0. The fraction of sp³-hybridized carbons (Fsp3) is 0.163. The summed E-state index contributed by atoms with van der Waals surface area (Å²) in [5.41, 5.74) is 10.9. The van der Waals surface area contributed by atoms with Gasteiger partial charge in [-0.05, 0) is 120 Å². The number of hydrogen-bond donors (Lipinski definition) is 0. The molecule has 3 heteroatoms. The van der Waals surface area contributed by atoms with Crippen molar-refractivity contribution in [1.82, 2.24) is 0 Å². The van der Waals surface area contributed by atoms with Gasteiger partial charge in [0.2, 0.25) is 0 Å². The van der Waals surface area contributed by atoms with Crippen molar-refractivity contribution in [1.29, 1.82) is 0 Å². The third-order valence-electron chi connectivity index (χ3n) is 10.8. The fourth-order valence-electron chi connectivity index (χ4n) is 8.53. The van der Waals surface area contributed by atoms with Crippen LogP contribution in [-0.4, -0.2) is 0 Å². The molecule has 2 aliphatic carbocycles. The van der Waals surface area contributed by atoms with Crippen LogP contribution in [0, 0.1) is 11.8 Å². The molecule has 2 bridgehead atoms. The highest BCUT2D eigenvalue weighted by Gasteiger charge is 2.40. The molecule has 10 rings (SSSR count). The zero-order valence-electron chi connectivity index (χ0n) is 25.5. The third-order valence-corrected chi connectivity index (χ3v) is 10.8. The second-order valence-corrected chi connectivity index (χ2v) is 13.3. The fourth-order valence-corrected chi connectivity index (χ4v) is 8.53. The summed E-state index contributed by atoms with van der Waals surface area (Å²) in [6.07, 6.45) is 5.61. The van der Waals surface area contributed by atoms with Crippen LogP contribution in [0.2, 0.25) is 0 Å². The van der Waals surface area contributed by atoms with Gasteiger partial charge in [-0.15, -0.1) is 0 Å². The molecule has 222 valence electrons. The molecule has 0 amide bonds. The number of rotatable bonds is 5. The van der Waals surface area contributed by atoms with E-state index in [1.54, 1.807) is 0 Å². The number of furan rings is 2. The molecule has 6 aromatic carbocycles. The SMILES string of the molecule is c1ccc2c(c1)oc1cc(-c3ccc(N(c4ccc(C5CC6CCC5C6)cc4)c4ccc5oc6ccccc6c5c4)cc3)ccc12. The van der Waals surface area contributed by atoms with E-state index in [0.29, 0.717) is 0 Å². The summed E-state index contributed by atoms with van der Waals surface area (Å²) in [5.74, 6) is 2.53. The Balaban J connectivity index is 1.05. The zero-order chi connectivity index (χ0) is 30.2. The molecule has 0 aliphatic heterocycles. The first kappa shape index (κ1) is 26.0. The van der Waals surface area contributed by atoms with Crippen LogP contribution in [0.25, 0.3) is 55.0 Å². The van der Waals surface area contributed by atoms with Crippen molar-refractivity contribution in [2.24, 2.45) is 11.8 Å². The first-order chi connectivity index (χ1) is 22.7. The van der Waals surface area contributed by atoms with Crippen LogP contribution in [0.1, 0.15) is 37.2 Å². The van der Waals surface area contributed by atoms with E-state index >= 15 is 0 Å². The lowest BCUT2D eigenvalue weighted by atomic mass is 9.83. The molecule has 0 radical (unpaired) electrons. The number of nitrogens with zero attached hydrogens (tertiary/aromatic N) is 1. The van der Waals surface area contributed by atoms with Crippen molar-refractivity contribution in [3.05, 3.63) is 139 Å². The van der Waals surface area contributed by atoms with Crippen LogP contribution in [0.4, 0.5) is 17.1 Å². The van der Waals surface area contributed by atoms with Gasteiger partial charge in [-0.2, -0.15) is 0 Å². The Morgan fingerprint density at radius 3 is 1.78 bits per heavy atom. The van der Waals surface area contributed by atoms with Crippen molar-refractivity contribution in [3.8, 4) is 11.1 Å². The van der Waals surface area contributed by atoms with Crippen LogP contribution in [0.5, 0.6) is 0 Å². The van der Waals surface area contributed by atoms with E-state index < -0.39 is 0 Å². The predicted octanol–water partition coefficient (Wildman–Crippen LogP) is 12.5. The molecule has 0 spiro atoms. The van der Waals surface area contributed by atoms with Gasteiger partial charge in [-0.25, -0.2) is 0 Å².